The molecule has 0 unspecified atom stereocenters. The maximum Gasteiger partial charge on any atom is 0.255 e. The Labute approximate surface area is 164 Å². The van der Waals surface area contributed by atoms with Crippen molar-refractivity contribution in [3.8, 4) is 11.5 Å². The lowest BCUT2D eigenvalue weighted by Crippen LogP contribution is -2.43. The third kappa shape index (κ3) is 3.34. The summed E-state index contributed by atoms with van der Waals surface area (Å²) < 4.78 is 17.4. The molecule has 0 aliphatic carbocycles. The Bertz CT molecular complexity index is 857. The number of fused-ring (bicyclic) bond motifs is 2. The fourth-order valence-electron chi connectivity index (χ4n) is 4.36. The van der Waals surface area contributed by atoms with Gasteiger partial charge in [-0.25, -0.2) is 0 Å². The first kappa shape index (κ1) is 17.5. The minimum Gasteiger partial charge on any atom is -0.486 e. The van der Waals surface area contributed by atoms with Gasteiger partial charge in [0.25, 0.3) is 5.91 Å². The van der Waals surface area contributed by atoms with E-state index in [2.05, 4.69) is 22.3 Å². The van der Waals surface area contributed by atoms with E-state index in [1.807, 2.05) is 30.3 Å². The van der Waals surface area contributed by atoms with Gasteiger partial charge in [0, 0.05) is 25.2 Å². The fourth-order valence-corrected chi connectivity index (χ4v) is 4.36. The largest absolute Gasteiger partial charge is 0.486 e. The predicted molar refractivity (Wildman–Crippen MR) is 104 cm³/mol. The van der Waals surface area contributed by atoms with Crippen LogP contribution in [0.5, 0.6) is 11.5 Å². The first-order valence-electron chi connectivity index (χ1n) is 9.88. The molecule has 0 radical (unpaired) electrons. The first-order valence-corrected chi connectivity index (χ1v) is 9.88. The Morgan fingerprint density at radius 2 is 1.86 bits per heavy atom. The van der Waals surface area contributed by atoms with E-state index in [0.29, 0.717) is 42.9 Å². The molecule has 6 heteroatoms. The van der Waals surface area contributed by atoms with Gasteiger partial charge in [0.15, 0.2) is 11.5 Å². The average Bonchev–Trinajstić information content (AvgIpc) is 3.15. The van der Waals surface area contributed by atoms with E-state index < -0.39 is 0 Å². The zero-order chi connectivity index (χ0) is 18.9. The van der Waals surface area contributed by atoms with Crippen LogP contribution in [0.25, 0.3) is 0 Å². The van der Waals surface area contributed by atoms with Gasteiger partial charge < -0.3 is 19.5 Å². The van der Waals surface area contributed by atoms with Crippen LogP contribution in [0.15, 0.2) is 48.5 Å². The van der Waals surface area contributed by atoms with Gasteiger partial charge in [-0.15, -0.1) is 0 Å². The molecule has 3 heterocycles. The lowest BCUT2D eigenvalue weighted by molar-refractivity contribution is -0.0502. The molecule has 3 atom stereocenters. The summed E-state index contributed by atoms with van der Waals surface area (Å²) in [7, 11) is 0. The lowest BCUT2D eigenvalue weighted by Gasteiger charge is -2.35. The zero-order valence-corrected chi connectivity index (χ0v) is 15.7. The quantitative estimate of drug-likeness (QED) is 0.886. The second kappa shape index (κ2) is 7.45. The number of hydrogen-bond donors (Lipinski definition) is 1. The monoisotopic (exact) mass is 380 g/mol. The van der Waals surface area contributed by atoms with Crippen molar-refractivity contribution >= 4 is 5.91 Å². The first-order chi connectivity index (χ1) is 13.8. The molecule has 2 aromatic carbocycles. The topological polar surface area (TPSA) is 60.0 Å². The molecular weight excluding hydrogens is 356 g/mol. The molecule has 0 spiro atoms. The summed E-state index contributed by atoms with van der Waals surface area (Å²) in [6.07, 6.45) is 0.998. The third-order valence-electron chi connectivity index (χ3n) is 5.74. The molecular formula is C22H24N2O4. The summed E-state index contributed by atoms with van der Waals surface area (Å²) >= 11 is 0. The van der Waals surface area contributed by atoms with Crippen molar-refractivity contribution in [1.82, 2.24) is 10.2 Å². The molecule has 5 rings (SSSR count). The number of nitrogens with one attached hydrogen (secondary N) is 1. The van der Waals surface area contributed by atoms with Crippen LogP contribution in [-0.4, -0.2) is 55.8 Å². The number of morpholine rings is 1. The van der Waals surface area contributed by atoms with Crippen LogP contribution < -0.4 is 14.8 Å². The summed E-state index contributed by atoms with van der Waals surface area (Å²) in [6, 6.07) is 16.3. The van der Waals surface area contributed by atoms with Crippen molar-refractivity contribution in [1.29, 1.82) is 0 Å². The number of carbonyl (C=O) groups is 1. The Balaban J connectivity index is 1.24. The zero-order valence-electron chi connectivity index (χ0n) is 15.7. The summed E-state index contributed by atoms with van der Waals surface area (Å²) in [6.45, 7) is 3.38. The molecule has 0 bridgehead atoms. The number of ether oxygens (including phenoxy) is 3. The minimum absolute atomic E-state index is 0.0959. The van der Waals surface area contributed by atoms with Gasteiger partial charge in [0.2, 0.25) is 0 Å². The maximum atomic E-state index is 12.9. The molecule has 0 aromatic heterocycles. The van der Waals surface area contributed by atoms with E-state index in [1.165, 1.54) is 5.56 Å². The van der Waals surface area contributed by atoms with Gasteiger partial charge in [-0.2, -0.15) is 0 Å². The highest BCUT2D eigenvalue weighted by atomic mass is 16.6. The molecule has 2 saturated heterocycles. The molecule has 2 fully saturated rings. The predicted octanol–water partition coefficient (Wildman–Crippen LogP) is 2.40. The summed E-state index contributed by atoms with van der Waals surface area (Å²) in [5.74, 6) is 1.09. The highest BCUT2D eigenvalue weighted by Gasteiger charge is 2.38. The number of hydrogen-bond acceptors (Lipinski definition) is 5. The van der Waals surface area contributed by atoms with E-state index in [1.54, 1.807) is 6.07 Å². The highest BCUT2D eigenvalue weighted by Crippen LogP contribution is 2.34. The van der Waals surface area contributed by atoms with Crippen LogP contribution in [0.4, 0.5) is 0 Å². The number of amides is 1. The van der Waals surface area contributed by atoms with Crippen LogP contribution in [0, 0.1) is 0 Å². The Kier molecular flexibility index (Phi) is 4.66. The minimum atomic E-state index is -0.104. The van der Waals surface area contributed by atoms with Crippen molar-refractivity contribution < 1.29 is 19.0 Å². The molecule has 3 aliphatic heterocycles. The van der Waals surface area contributed by atoms with Crippen molar-refractivity contribution in [2.45, 2.75) is 24.6 Å². The van der Waals surface area contributed by atoms with Gasteiger partial charge in [0.1, 0.15) is 13.2 Å². The standard InChI is InChI=1S/C22H24N2O4/c25-22(18-7-4-8-19-21(18)27-10-9-26-19)23-16-11-17-14-28-20(13-24(17)12-16)15-5-2-1-3-6-15/h1-8,16-17,20H,9-14H2,(H,23,25)/t16-,17-,20+/m0/s1. The van der Waals surface area contributed by atoms with Crippen LogP contribution in [0.2, 0.25) is 0 Å². The number of nitrogens with zero attached hydrogens (tertiary/aromatic N) is 1. The summed E-state index contributed by atoms with van der Waals surface area (Å²) in [4.78, 5) is 15.3. The lowest BCUT2D eigenvalue weighted by atomic mass is 10.1. The Hall–Kier alpha value is -2.57. The molecule has 3 aliphatic rings. The highest BCUT2D eigenvalue weighted by molar-refractivity contribution is 5.98. The van der Waals surface area contributed by atoms with E-state index in [-0.39, 0.29) is 18.1 Å². The molecule has 1 amide bonds. The van der Waals surface area contributed by atoms with Gasteiger partial charge in [-0.1, -0.05) is 36.4 Å². The van der Waals surface area contributed by atoms with Crippen molar-refractivity contribution in [3.05, 3.63) is 59.7 Å². The van der Waals surface area contributed by atoms with Crippen molar-refractivity contribution in [2.75, 3.05) is 32.9 Å². The van der Waals surface area contributed by atoms with Crippen LogP contribution in [0.1, 0.15) is 28.4 Å². The van der Waals surface area contributed by atoms with E-state index in [9.17, 15) is 4.79 Å². The Morgan fingerprint density at radius 1 is 1.00 bits per heavy atom. The van der Waals surface area contributed by atoms with Crippen molar-refractivity contribution in [3.63, 3.8) is 0 Å². The number of benzene rings is 2. The molecule has 1 N–H and O–H groups in total. The molecule has 2 aromatic rings. The second-order valence-electron chi connectivity index (χ2n) is 7.58. The molecule has 6 nitrogen and oxygen atoms in total. The normalized spacial score (nSPS) is 26.5. The van der Waals surface area contributed by atoms with E-state index in [4.69, 9.17) is 14.2 Å². The smallest absolute Gasteiger partial charge is 0.255 e. The molecule has 28 heavy (non-hydrogen) atoms. The van der Waals surface area contributed by atoms with Gasteiger partial charge in [-0.05, 0) is 24.1 Å². The van der Waals surface area contributed by atoms with Crippen LogP contribution in [0.3, 0.4) is 0 Å². The number of rotatable bonds is 3. The SMILES string of the molecule is O=C(N[C@H]1C[C@H]2CO[C@@H](c3ccccc3)CN2C1)c1cccc2c1OCCO2. The van der Waals surface area contributed by atoms with Crippen molar-refractivity contribution in [2.24, 2.45) is 0 Å². The Morgan fingerprint density at radius 3 is 2.75 bits per heavy atom. The number of carbonyl (C=O) groups excluding carboxylic acids is 1. The van der Waals surface area contributed by atoms with Crippen LogP contribution >= 0.6 is 0 Å². The van der Waals surface area contributed by atoms with E-state index in [0.717, 1.165) is 19.5 Å². The maximum absolute atomic E-state index is 12.9. The summed E-state index contributed by atoms with van der Waals surface area (Å²) in [5, 5.41) is 3.18. The van der Waals surface area contributed by atoms with Gasteiger partial charge in [0.05, 0.1) is 18.3 Å². The molecule has 146 valence electrons. The third-order valence-corrected chi connectivity index (χ3v) is 5.74. The van der Waals surface area contributed by atoms with E-state index >= 15 is 0 Å². The molecule has 0 saturated carbocycles. The van der Waals surface area contributed by atoms with Crippen LogP contribution in [-0.2, 0) is 4.74 Å². The van der Waals surface area contributed by atoms with Gasteiger partial charge >= 0.3 is 0 Å². The number of para-hydroxylation sites is 1. The fraction of sp³-hybridized carbons (Fsp3) is 0.409. The second-order valence-corrected chi connectivity index (χ2v) is 7.58. The van der Waals surface area contributed by atoms with Gasteiger partial charge in [-0.3, -0.25) is 9.69 Å². The summed E-state index contributed by atoms with van der Waals surface area (Å²) in [5.41, 5.74) is 1.75. The average molecular weight is 380 g/mol.